The molecule has 0 saturated heterocycles. The highest BCUT2D eigenvalue weighted by molar-refractivity contribution is 9.10. The van der Waals surface area contributed by atoms with Crippen LogP contribution in [0.2, 0.25) is 0 Å². The van der Waals surface area contributed by atoms with Gasteiger partial charge >= 0.3 is 0 Å². The molecule has 0 radical (unpaired) electrons. The Morgan fingerprint density at radius 3 is 2.65 bits per heavy atom. The molecule has 0 aliphatic carbocycles. The number of anilines is 1. The first-order valence-corrected chi connectivity index (χ1v) is 9.23. The quantitative estimate of drug-likeness (QED) is 0.808. The average molecular weight is 396 g/mol. The lowest BCUT2D eigenvalue weighted by Gasteiger charge is -2.06. The molecule has 0 saturated carbocycles. The maximum atomic E-state index is 11.9. The molecular weight excluding hydrogens is 388 g/mol. The fourth-order valence-electron chi connectivity index (χ4n) is 1.44. The molecule has 1 aromatic heterocycles. The molecule has 0 spiro atoms. The Balaban J connectivity index is 2.23. The smallest absolute Gasteiger partial charge is 0.275 e. The van der Waals surface area contributed by atoms with E-state index in [0.29, 0.717) is 11.4 Å². The summed E-state index contributed by atoms with van der Waals surface area (Å²) in [5, 5.41) is 5.07. The van der Waals surface area contributed by atoms with Crippen molar-refractivity contribution < 1.29 is 13.2 Å². The first-order chi connectivity index (χ1) is 9.27. The van der Waals surface area contributed by atoms with Crippen LogP contribution in [0, 0.1) is 6.92 Å². The number of aromatic nitrogens is 1. The van der Waals surface area contributed by atoms with Crippen LogP contribution in [-0.4, -0.2) is 19.3 Å². The van der Waals surface area contributed by atoms with Crippen LogP contribution >= 0.6 is 37.9 Å². The Morgan fingerprint density at radius 1 is 1.45 bits per heavy atom. The van der Waals surface area contributed by atoms with Crippen LogP contribution in [0.15, 0.2) is 32.9 Å². The standard InChI is InChI=1S/C11H8BrClN2O3S2/c1-6-14-9(5-19-6)11(16)15-7-2-3-10(8(12)4-7)20(13,17)18/h2-5H,1H3,(H,15,16). The van der Waals surface area contributed by atoms with Gasteiger partial charge in [0.25, 0.3) is 15.0 Å². The van der Waals surface area contributed by atoms with Gasteiger partial charge in [0.1, 0.15) is 5.69 Å². The molecule has 1 heterocycles. The molecule has 0 aliphatic heterocycles. The Kier molecular flexibility index (Phi) is 4.48. The Morgan fingerprint density at radius 2 is 2.15 bits per heavy atom. The molecule has 20 heavy (non-hydrogen) atoms. The highest BCUT2D eigenvalue weighted by atomic mass is 79.9. The van der Waals surface area contributed by atoms with Crippen LogP contribution in [0.25, 0.3) is 0 Å². The lowest BCUT2D eigenvalue weighted by Crippen LogP contribution is -2.12. The number of aryl methyl sites for hydroxylation is 1. The second-order valence-electron chi connectivity index (χ2n) is 3.79. The molecular formula is C11H8BrClN2O3S2. The van der Waals surface area contributed by atoms with Crippen LogP contribution in [0.4, 0.5) is 5.69 Å². The fourth-order valence-corrected chi connectivity index (χ4v) is 4.26. The number of carbonyl (C=O) groups is 1. The van der Waals surface area contributed by atoms with E-state index in [-0.39, 0.29) is 15.3 Å². The maximum absolute atomic E-state index is 11.9. The van der Waals surface area contributed by atoms with Crippen molar-refractivity contribution in [3.05, 3.63) is 38.8 Å². The van der Waals surface area contributed by atoms with E-state index >= 15 is 0 Å². The normalized spacial score (nSPS) is 11.3. The van der Waals surface area contributed by atoms with Gasteiger partial charge in [-0.25, -0.2) is 13.4 Å². The minimum atomic E-state index is -3.83. The van der Waals surface area contributed by atoms with Crippen molar-refractivity contribution in [2.24, 2.45) is 0 Å². The molecule has 0 bridgehead atoms. The first-order valence-electron chi connectivity index (χ1n) is 5.25. The molecule has 1 aromatic carbocycles. The highest BCUT2D eigenvalue weighted by Gasteiger charge is 2.16. The summed E-state index contributed by atoms with van der Waals surface area (Å²) in [6, 6.07) is 4.23. The number of hydrogen-bond donors (Lipinski definition) is 1. The molecule has 9 heteroatoms. The number of nitrogens with zero attached hydrogens (tertiary/aromatic N) is 1. The lowest BCUT2D eigenvalue weighted by molar-refractivity contribution is 0.102. The van der Waals surface area contributed by atoms with E-state index in [4.69, 9.17) is 10.7 Å². The fraction of sp³-hybridized carbons (Fsp3) is 0.0909. The summed E-state index contributed by atoms with van der Waals surface area (Å²) in [4.78, 5) is 15.9. The number of thiazole rings is 1. The van der Waals surface area contributed by atoms with Crippen molar-refractivity contribution in [3.63, 3.8) is 0 Å². The molecule has 0 atom stereocenters. The van der Waals surface area contributed by atoms with Crippen LogP contribution in [0.1, 0.15) is 15.5 Å². The molecule has 0 fully saturated rings. The van der Waals surface area contributed by atoms with Gasteiger partial charge in [0.15, 0.2) is 0 Å². The Labute approximate surface area is 132 Å². The third-order valence-corrected chi connectivity index (χ3v) is 5.38. The number of benzene rings is 1. The molecule has 2 aromatic rings. The van der Waals surface area contributed by atoms with Crippen LogP contribution in [0.3, 0.4) is 0 Å². The van der Waals surface area contributed by atoms with E-state index in [1.807, 2.05) is 0 Å². The largest absolute Gasteiger partial charge is 0.321 e. The molecule has 0 unspecified atom stereocenters. The van der Waals surface area contributed by atoms with Crippen molar-refractivity contribution >= 4 is 58.6 Å². The van der Waals surface area contributed by atoms with Crippen LogP contribution in [0.5, 0.6) is 0 Å². The third kappa shape index (κ3) is 3.57. The van der Waals surface area contributed by atoms with E-state index < -0.39 is 9.05 Å². The first kappa shape index (κ1) is 15.4. The lowest BCUT2D eigenvalue weighted by atomic mass is 10.3. The Hall–Kier alpha value is -0.960. The van der Waals surface area contributed by atoms with Gasteiger partial charge in [-0.1, -0.05) is 0 Å². The van der Waals surface area contributed by atoms with Crippen molar-refractivity contribution in [3.8, 4) is 0 Å². The highest BCUT2D eigenvalue weighted by Crippen LogP contribution is 2.28. The summed E-state index contributed by atoms with van der Waals surface area (Å²) in [7, 11) is 1.44. The predicted octanol–water partition coefficient (Wildman–Crippen LogP) is 3.39. The molecule has 2 rings (SSSR count). The van der Waals surface area contributed by atoms with E-state index in [1.54, 1.807) is 12.3 Å². The third-order valence-electron chi connectivity index (χ3n) is 2.30. The van der Waals surface area contributed by atoms with E-state index in [0.717, 1.165) is 5.01 Å². The van der Waals surface area contributed by atoms with Crippen LogP contribution in [-0.2, 0) is 9.05 Å². The molecule has 1 amide bonds. The molecule has 106 valence electrons. The summed E-state index contributed by atoms with van der Waals surface area (Å²) in [5.74, 6) is -0.359. The van der Waals surface area contributed by atoms with Crippen molar-refractivity contribution in [1.29, 1.82) is 0 Å². The number of carbonyl (C=O) groups excluding carboxylic acids is 1. The Bertz CT molecular complexity index is 774. The van der Waals surface area contributed by atoms with Gasteiger partial charge in [-0.2, -0.15) is 0 Å². The van der Waals surface area contributed by atoms with E-state index in [9.17, 15) is 13.2 Å². The summed E-state index contributed by atoms with van der Waals surface area (Å²) in [5.41, 5.74) is 0.759. The van der Waals surface area contributed by atoms with E-state index in [1.165, 1.54) is 29.5 Å². The van der Waals surface area contributed by atoms with Crippen molar-refractivity contribution in [2.45, 2.75) is 11.8 Å². The van der Waals surface area contributed by atoms with Gasteiger partial charge in [0, 0.05) is 26.2 Å². The summed E-state index contributed by atoms with van der Waals surface area (Å²) < 4.78 is 22.8. The predicted molar refractivity (Wildman–Crippen MR) is 82.0 cm³/mol. The zero-order valence-corrected chi connectivity index (χ0v) is 14.0. The summed E-state index contributed by atoms with van der Waals surface area (Å²) in [6.07, 6.45) is 0. The molecule has 1 N–H and O–H groups in total. The van der Waals surface area contributed by atoms with Crippen molar-refractivity contribution in [2.75, 3.05) is 5.32 Å². The van der Waals surface area contributed by atoms with Gasteiger partial charge in [-0.15, -0.1) is 11.3 Å². The second kappa shape index (κ2) is 5.80. The second-order valence-corrected chi connectivity index (χ2v) is 8.24. The van der Waals surface area contributed by atoms with Gasteiger partial charge in [0.05, 0.1) is 9.90 Å². The number of nitrogens with one attached hydrogen (secondary N) is 1. The van der Waals surface area contributed by atoms with Crippen LogP contribution < -0.4 is 5.32 Å². The number of halogens is 2. The van der Waals surface area contributed by atoms with Gasteiger partial charge in [-0.05, 0) is 41.1 Å². The number of rotatable bonds is 3. The van der Waals surface area contributed by atoms with Gasteiger partial charge < -0.3 is 5.32 Å². The van der Waals surface area contributed by atoms with Crippen molar-refractivity contribution in [1.82, 2.24) is 4.98 Å². The molecule has 5 nitrogen and oxygen atoms in total. The summed E-state index contributed by atoms with van der Waals surface area (Å²) >= 11 is 4.48. The minimum Gasteiger partial charge on any atom is -0.321 e. The average Bonchev–Trinajstić information content (AvgIpc) is 2.74. The SMILES string of the molecule is Cc1nc(C(=O)Nc2ccc(S(=O)(=O)Cl)c(Br)c2)cs1. The summed E-state index contributed by atoms with van der Waals surface area (Å²) in [6.45, 7) is 1.80. The topological polar surface area (TPSA) is 76.1 Å². The zero-order chi connectivity index (χ0) is 14.9. The number of hydrogen-bond acceptors (Lipinski definition) is 5. The maximum Gasteiger partial charge on any atom is 0.275 e. The molecule has 0 aliphatic rings. The van der Waals surface area contributed by atoms with Gasteiger partial charge in [0.2, 0.25) is 0 Å². The monoisotopic (exact) mass is 394 g/mol. The number of amides is 1. The zero-order valence-electron chi connectivity index (χ0n) is 10.1. The van der Waals surface area contributed by atoms with Gasteiger partial charge in [-0.3, -0.25) is 4.79 Å². The van der Waals surface area contributed by atoms with E-state index in [2.05, 4.69) is 26.2 Å². The minimum absolute atomic E-state index is 0.0540.